The van der Waals surface area contributed by atoms with Crippen molar-refractivity contribution in [1.82, 2.24) is 15.1 Å². The molecule has 1 heterocycles. The standard InChI is InChI=1S/C15H33N3O/c1-5-19-11-7-9-16-12-14(2)18(4)15-8-6-10-17(3)13-15/h14-16H,5-13H2,1-4H3. The fraction of sp³-hybridized carbons (Fsp3) is 1.00. The summed E-state index contributed by atoms with van der Waals surface area (Å²) in [7, 11) is 4.51. The predicted octanol–water partition coefficient (Wildman–Crippen LogP) is 1.42. The minimum Gasteiger partial charge on any atom is -0.382 e. The molecule has 0 bridgehead atoms. The van der Waals surface area contributed by atoms with Gasteiger partial charge in [-0.1, -0.05) is 0 Å². The van der Waals surface area contributed by atoms with Crippen molar-refractivity contribution in [2.75, 3.05) is 53.5 Å². The zero-order valence-electron chi connectivity index (χ0n) is 13.3. The molecule has 1 rings (SSSR count). The van der Waals surface area contributed by atoms with Crippen molar-refractivity contribution in [1.29, 1.82) is 0 Å². The number of hydrogen-bond acceptors (Lipinski definition) is 4. The monoisotopic (exact) mass is 271 g/mol. The molecule has 0 aromatic rings. The third-order valence-corrected chi connectivity index (χ3v) is 4.16. The Morgan fingerprint density at radius 2 is 2.26 bits per heavy atom. The highest BCUT2D eigenvalue weighted by atomic mass is 16.5. The molecule has 0 amide bonds. The largest absolute Gasteiger partial charge is 0.382 e. The normalized spacial score (nSPS) is 22.9. The first-order chi connectivity index (χ1) is 9.15. The lowest BCUT2D eigenvalue weighted by molar-refractivity contribution is 0.103. The number of hydrogen-bond donors (Lipinski definition) is 1. The van der Waals surface area contributed by atoms with Crippen molar-refractivity contribution >= 4 is 0 Å². The number of likely N-dealkylation sites (tertiary alicyclic amines) is 1. The fourth-order valence-electron chi connectivity index (χ4n) is 2.73. The van der Waals surface area contributed by atoms with Gasteiger partial charge in [-0.05, 0) is 60.3 Å². The quantitative estimate of drug-likeness (QED) is 0.642. The van der Waals surface area contributed by atoms with E-state index in [4.69, 9.17) is 4.74 Å². The number of likely N-dealkylation sites (N-methyl/N-ethyl adjacent to an activating group) is 2. The van der Waals surface area contributed by atoms with E-state index in [1.807, 2.05) is 6.92 Å². The molecule has 0 aromatic heterocycles. The van der Waals surface area contributed by atoms with Crippen LogP contribution in [0.4, 0.5) is 0 Å². The van der Waals surface area contributed by atoms with E-state index in [1.54, 1.807) is 0 Å². The third kappa shape index (κ3) is 6.70. The molecule has 0 aromatic carbocycles. The highest BCUT2D eigenvalue weighted by Gasteiger charge is 2.23. The lowest BCUT2D eigenvalue weighted by Gasteiger charge is -2.39. The molecule has 19 heavy (non-hydrogen) atoms. The first kappa shape index (κ1) is 16.9. The van der Waals surface area contributed by atoms with Crippen molar-refractivity contribution in [3.63, 3.8) is 0 Å². The summed E-state index contributed by atoms with van der Waals surface area (Å²) < 4.78 is 5.34. The van der Waals surface area contributed by atoms with E-state index in [-0.39, 0.29) is 0 Å². The van der Waals surface area contributed by atoms with Crippen LogP contribution in [-0.2, 0) is 4.74 Å². The summed E-state index contributed by atoms with van der Waals surface area (Å²) >= 11 is 0. The summed E-state index contributed by atoms with van der Waals surface area (Å²) in [5.41, 5.74) is 0. The molecule has 1 aliphatic heterocycles. The van der Waals surface area contributed by atoms with E-state index >= 15 is 0 Å². The Balaban J connectivity index is 2.12. The van der Waals surface area contributed by atoms with Gasteiger partial charge in [0, 0.05) is 38.4 Å². The van der Waals surface area contributed by atoms with E-state index in [1.165, 1.54) is 25.9 Å². The number of ether oxygens (including phenoxy) is 1. The van der Waals surface area contributed by atoms with Crippen molar-refractivity contribution < 1.29 is 4.74 Å². The Kier molecular flexibility index (Phi) is 8.62. The summed E-state index contributed by atoms with van der Waals surface area (Å²) in [6.45, 7) is 10.7. The van der Waals surface area contributed by atoms with E-state index in [0.717, 1.165) is 38.8 Å². The van der Waals surface area contributed by atoms with Crippen LogP contribution in [0.25, 0.3) is 0 Å². The molecule has 2 unspecified atom stereocenters. The molecule has 0 aliphatic carbocycles. The van der Waals surface area contributed by atoms with Gasteiger partial charge in [-0.15, -0.1) is 0 Å². The molecule has 1 aliphatic rings. The van der Waals surface area contributed by atoms with Gasteiger partial charge in [0.1, 0.15) is 0 Å². The zero-order chi connectivity index (χ0) is 14.1. The van der Waals surface area contributed by atoms with Crippen LogP contribution in [0, 0.1) is 0 Å². The lowest BCUT2D eigenvalue weighted by atomic mass is 10.0. The van der Waals surface area contributed by atoms with Gasteiger partial charge < -0.3 is 15.0 Å². The molecule has 0 radical (unpaired) electrons. The first-order valence-corrected chi connectivity index (χ1v) is 7.84. The van der Waals surface area contributed by atoms with Gasteiger partial charge in [0.15, 0.2) is 0 Å². The van der Waals surface area contributed by atoms with E-state index in [9.17, 15) is 0 Å². The molecule has 1 saturated heterocycles. The molecule has 0 saturated carbocycles. The minimum absolute atomic E-state index is 0.601. The van der Waals surface area contributed by atoms with E-state index in [2.05, 4.69) is 36.1 Å². The number of piperidine rings is 1. The molecular formula is C15H33N3O. The van der Waals surface area contributed by atoms with Crippen LogP contribution in [0.5, 0.6) is 0 Å². The van der Waals surface area contributed by atoms with Gasteiger partial charge in [-0.3, -0.25) is 4.90 Å². The smallest absolute Gasteiger partial charge is 0.0477 e. The molecule has 1 N–H and O–H groups in total. The van der Waals surface area contributed by atoms with Gasteiger partial charge in [0.2, 0.25) is 0 Å². The molecule has 0 spiro atoms. The Bertz CT molecular complexity index is 225. The van der Waals surface area contributed by atoms with Crippen LogP contribution >= 0.6 is 0 Å². The maximum atomic E-state index is 5.34. The van der Waals surface area contributed by atoms with Gasteiger partial charge in [0.25, 0.3) is 0 Å². The molecule has 2 atom stereocenters. The van der Waals surface area contributed by atoms with Crippen LogP contribution in [0.2, 0.25) is 0 Å². The highest BCUT2D eigenvalue weighted by Crippen LogP contribution is 2.15. The van der Waals surface area contributed by atoms with Crippen LogP contribution in [0.3, 0.4) is 0 Å². The average molecular weight is 271 g/mol. The number of rotatable bonds is 9. The maximum absolute atomic E-state index is 5.34. The van der Waals surface area contributed by atoms with Crippen molar-refractivity contribution in [3.8, 4) is 0 Å². The van der Waals surface area contributed by atoms with Crippen LogP contribution in [0.1, 0.15) is 33.1 Å². The average Bonchev–Trinajstić information content (AvgIpc) is 2.41. The zero-order valence-corrected chi connectivity index (χ0v) is 13.3. The predicted molar refractivity (Wildman–Crippen MR) is 81.7 cm³/mol. The summed E-state index contributed by atoms with van der Waals surface area (Å²) in [5.74, 6) is 0. The second-order valence-corrected chi connectivity index (χ2v) is 5.83. The van der Waals surface area contributed by atoms with Crippen LogP contribution in [-0.4, -0.2) is 75.4 Å². The van der Waals surface area contributed by atoms with Crippen molar-refractivity contribution in [3.05, 3.63) is 0 Å². The maximum Gasteiger partial charge on any atom is 0.0477 e. The summed E-state index contributed by atoms with van der Waals surface area (Å²) in [4.78, 5) is 5.00. The Morgan fingerprint density at radius 3 is 2.95 bits per heavy atom. The van der Waals surface area contributed by atoms with Crippen LogP contribution < -0.4 is 5.32 Å². The van der Waals surface area contributed by atoms with Crippen molar-refractivity contribution in [2.45, 2.75) is 45.2 Å². The van der Waals surface area contributed by atoms with Gasteiger partial charge in [-0.2, -0.15) is 0 Å². The second kappa shape index (κ2) is 9.70. The molecule has 1 fully saturated rings. The molecular weight excluding hydrogens is 238 g/mol. The van der Waals surface area contributed by atoms with E-state index in [0.29, 0.717) is 6.04 Å². The Hall–Kier alpha value is -0.160. The molecule has 114 valence electrons. The third-order valence-electron chi connectivity index (χ3n) is 4.16. The summed E-state index contributed by atoms with van der Waals surface area (Å²) in [6, 6.07) is 1.32. The fourth-order valence-corrected chi connectivity index (χ4v) is 2.73. The SMILES string of the molecule is CCOCCCNCC(C)N(C)C1CCCN(C)C1. The Labute approximate surface area is 119 Å². The minimum atomic E-state index is 0.601. The van der Waals surface area contributed by atoms with Crippen molar-refractivity contribution in [2.24, 2.45) is 0 Å². The highest BCUT2D eigenvalue weighted by molar-refractivity contribution is 4.81. The van der Waals surface area contributed by atoms with Gasteiger partial charge in [-0.25, -0.2) is 0 Å². The summed E-state index contributed by atoms with van der Waals surface area (Å²) in [5, 5.41) is 3.54. The first-order valence-electron chi connectivity index (χ1n) is 7.84. The van der Waals surface area contributed by atoms with Gasteiger partial charge >= 0.3 is 0 Å². The second-order valence-electron chi connectivity index (χ2n) is 5.83. The topological polar surface area (TPSA) is 27.7 Å². The lowest BCUT2D eigenvalue weighted by Crippen LogP contribution is -2.50. The van der Waals surface area contributed by atoms with Crippen LogP contribution in [0.15, 0.2) is 0 Å². The van der Waals surface area contributed by atoms with E-state index < -0.39 is 0 Å². The number of nitrogens with zero attached hydrogens (tertiary/aromatic N) is 2. The molecule has 4 heteroatoms. The number of nitrogens with one attached hydrogen (secondary N) is 1. The molecule has 4 nitrogen and oxygen atoms in total. The summed E-state index contributed by atoms with van der Waals surface area (Å²) in [6.07, 6.45) is 3.78. The van der Waals surface area contributed by atoms with Gasteiger partial charge in [0.05, 0.1) is 0 Å². The Morgan fingerprint density at radius 1 is 1.47 bits per heavy atom.